The van der Waals surface area contributed by atoms with Gasteiger partial charge in [-0.05, 0) is 26.2 Å². The molecule has 1 rings (SSSR count). The third-order valence-electron chi connectivity index (χ3n) is 3.59. The van der Waals surface area contributed by atoms with Crippen molar-refractivity contribution in [2.75, 3.05) is 6.61 Å². The van der Waals surface area contributed by atoms with Crippen molar-refractivity contribution in [3.8, 4) is 0 Å². The molecule has 0 fully saturated rings. The Kier molecular flexibility index (Phi) is 5.54. The van der Waals surface area contributed by atoms with Gasteiger partial charge < -0.3 is 10.4 Å². The fourth-order valence-electron chi connectivity index (χ4n) is 2.20. The van der Waals surface area contributed by atoms with Crippen LogP contribution in [-0.2, 0) is 18.3 Å². The molecule has 0 radical (unpaired) electrons. The van der Waals surface area contributed by atoms with Crippen LogP contribution < -0.4 is 5.32 Å². The number of carbonyl (C=O) groups excluding carboxylic acids is 1. The van der Waals surface area contributed by atoms with Crippen molar-refractivity contribution in [1.82, 2.24) is 15.1 Å². The van der Waals surface area contributed by atoms with Gasteiger partial charge in [0.1, 0.15) is 0 Å². The number of aliphatic hydroxyl groups excluding tert-OH is 1. The highest BCUT2D eigenvalue weighted by molar-refractivity contribution is 5.79. The quantitative estimate of drug-likeness (QED) is 0.811. The maximum absolute atomic E-state index is 12.1. The van der Waals surface area contributed by atoms with E-state index < -0.39 is 0 Å². The van der Waals surface area contributed by atoms with Crippen LogP contribution in [-0.4, -0.2) is 33.4 Å². The van der Waals surface area contributed by atoms with Crippen LogP contribution in [0.4, 0.5) is 0 Å². The lowest BCUT2D eigenvalue weighted by Gasteiger charge is -2.21. The van der Waals surface area contributed by atoms with Crippen molar-refractivity contribution in [1.29, 1.82) is 0 Å². The molecule has 0 saturated heterocycles. The lowest BCUT2D eigenvalue weighted by molar-refractivity contribution is -0.121. The number of aromatic nitrogens is 2. The van der Waals surface area contributed by atoms with E-state index in [9.17, 15) is 4.79 Å². The molecule has 1 aromatic rings. The molecule has 1 heterocycles. The van der Waals surface area contributed by atoms with E-state index in [-0.39, 0.29) is 18.6 Å². The van der Waals surface area contributed by atoms with Crippen molar-refractivity contribution in [3.63, 3.8) is 0 Å². The van der Waals surface area contributed by atoms with Crippen LogP contribution in [0.5, 0.6) is 0 Å². The van der Waals surface area contributed by atoms with Crippen LogP contribution in [0, 0.1) is 19.8 Å². The Morgan fingerprint density at radius 1 is 1.42 bits per heavy atom. The number of carbonyl (C=O) groups is 1. The molecule has 0 bridgehead atoms. The Balaban J connectivity index is 2.69. The molecular weight excluding hydrogens is 242 g/mol. The summed E-state index contributed by atoms with van der Waals surface area (Å²) in [6, 6.07) is 0.0229. The van der Waals surface area contributed by atoms with Gasteiger partial charge >= 0.3 is 0 Å². The normalized spacial score (nSPS) is 12.8. The molecule has 1 atom stereocenters. The van der Waals surface area contributed by atoms with Crippen molar-refractivity contribution in [2.45, 2.75) is 46.6 Å². The first-order valence-electron chi connectivity index (χ1n) is 6.76. The van der Waals surface area contributed by atoms with Gasteiger partial charge in [-0.3, -0.25) is 9.48 Å². The standard InChI is InChI=1S/C14H25N3O2/c1-9(2)13(6-7-18)15-14(19)8-12-10(3)16-17(5)11(12)4/h9,13,18H,6-8H2,1-5H3,(H,15,19). The van der Waals surface area contributed by atoms with Crippen LogP contribution in [0.2, 0.25) is 0 Å². The minimum Gasteiger partial charge on any atom is -0.396 e. The summed E-state index contributed by atoms with van der Waals surface area (Å²) >= 11 is 0. The Morgan fingerprint density at radius 2 is 2.05 bits per heavy atom. The van der Waals surface area contributed by atoms with Crippen LogP contribution in [0.3, 0.4) is 0 Å². The van der Waals surface area contributed by atoms with Crippen LogP contribution in [0.15, 0.2) is 0 Å². The summed E-state index contributed by atoms with van der Waals surface area (Å²) in [7, 11) is 1.88. The zero-order valence-electron chi connectivity index (χ0n) is 12.5. The molecule has 19 heavy (non-hydrogen) atoms. The average Bonchev–Trinajstić information content (AvgIpc) is 2.55. The second-order valence-electron chi connectivity index (χ2n) is 5.38. The van der Waals surface area contributed by atoms with Gasteiger partial charge in [0, 0.05) is 31.0 Å². The second-order valence-corrected chi connectivity index (χ2v) is 5.38. The first-order chi connectivity index (χ1) is 8.86. The molecule has 2 N–H and O–H groups in total. The Hall–Kier alpha value is -1.36. The molecule has 1 amide bonds. The number of hydrogen-bond acceptors (Lipinski definition) is 3. The van der Waals surface area contributed by atoms with E-state index in [1.807, 2.05) is 34.7 Å². The highest BCUT2D eigenvalue weighted by atomic mass is 16.3. The summed E-state index contributed by atoms with van der Waals surface area (Å²) in [6.45, 7) is 8.07. The Morgan fingerprint density at radius 3 is 2.47 bits per heavy atom. The summed E-state index contributed by atoms with van der Waals surface area (Å²) in [4.78, 5) is 12.1. The third kappa shape index (κ3) is 4.06. The molecule has 108 valence electrons. The highest BCUT2D eigenvalue weighted by Gasteiger charge is 2.18. The van der Waals surface area contributed by atoms with E-state index in [0.717, 1.165) is 17.0 Å². The number of rotatable bonds is 6. The summed E-state index contributed by atoms with van der Waals surface area (Å²) in [5, 5.41) is 16.3. The average molecular weight is 267 g/mol. The van der Waals surface area contributed by atoms with Gasteiger partial charge in [-0.25, -0.2) is 0 Å². The van der Waals surface area contributed by atoms with Gasteiger partial charge in [-0.15, -0.1) is 0 Å². The van der Waals surface area contributed by atoms with Crippen molar-refractivity contribution in [2.24, 2.45) is 13.0 Å². The van der Waals surface area contributed by atoms with Crippen molar-refractivity contribution >= 4 is 5.91 Å². The summed E-state index contributed by atoms with van der Waals surface area (Å²) in [6.07, 6.45) is 0.939. The van der Waals surface area contributed by atoms with Gasteiger partial charge in [0.15, 0.2) is 0 Å². The van der Waals surface area contributed by atoms with E-state index in [0.29, 0.717) is 18.8 Å². The lowest BCUT2D eigenvalue weighted by Crippen LogP contribution is -2.40. The van der Waals surface area contributed by atoms with Crippen molar-refractivity contribution in [3.05, 3.63) is 17.0 Å². The summed E-state index contributed by atoms with van der Waals surface area (Å²) < 4.78 is 1.80. The predicted octanol–water partition coefficient (Wildman–Crippen LogP) is 1.10. The van der Waals surface area contributed by atoms with Gasteiger partial charge in [0.2, 0.25) is 5.91 Å². The van der Waals surface area contributed by atoms with Gasteiger partial charge in [-0.2, -0.15) is 5.10 Å². The maximum Gasteiger partial charge on any atom is 0.224 e. The van der Waals surface area contributed by atoms with Crippen LogP contribution >= 0.6 is 0 Å². The van der Waals surface area contributed by atoms with Crippen LogP contribution in [0.25, 0.3) is 0 Å². The monoisotopic (exact) mass is 267 g/mol. The molecule has 0 spiro atoms. The van der Waals surface area contributed by atoms with E-state index in [1.54, 1.807) is 4.68 Å². The van der Waals surface area contributed by atoms with E-state index in [2.05, 4.69) is 10.4 Å². The first kappa shape index (κ1) is 15.7. The molecule has 0 aromatic carbocycles. The predicted molar refractivity (Wildman–Crippen MR) is 74.9 cm³/mol. The molecular formula is C14H25N3O2. The number of amides is 1. The van der Waals surface area contributed by atoms with Gasteiger partial charge in [0.25, 0.3) is 0 Å². The number of nitrogens with zero attached hydrogens (tertiary/aromatic N) is 2. The molecule has 0 aliphatic heterocycles. The molecule has 5 nitrogen and oxygen atoms in total. The molecule has 1 aromatic heterocycles. The smallest absolute Gasteiger partial charge is 0.224 e. The topological polar surface area (TPSA) is 67.2 Å². The van der Waals surface area contributed by atoms with E-state index >= 15 is 0 Å². The lowest BCUT2D eigenvalue weighted by atomic mass is 10.0. The zero-order valence-corrected chi connectivity index (χ0v) is 12.5. The largest absolute Gasteiger partial charge is 0.396 e. The van der Waals surface area contributed by atoms with E-state index in [4.69, 9.17) is 5.11 Å². The second kappa shape index (κ2) is 6.70. The van der Waals surface area contributed by atoms with E-state index in [1.165, 1.54) is 0 Å². The Labute approximate surface area is 115 Å². The molecule has 0 saturated carbocycles. The summed E-state index contributed by atoms with van der Waals surface area (Å²) in [5.41, 5.74) is 2.92. The minimum atomic E-state index is -0.00801. The molecule has 0 aliphatic rings. The maximum atomic E-state index is 12.1. The number of aliphatic hydroxyl groups is 1. The minimum absolute atomic E-state index is 0.00801. The summed E-state index contributed by atoms with van der Waals surface area (Å²) in [5.74, 6) is 0.304. The first-order valence-corrected chi connectivity index (χ1v) is 6.76. The third-order valence-corrected chi connectivity index (χ3v) is 3.59. The van der Waals surface area contributed by atoms with Gasteiger partial charge in [-0.1, -0.05) is 13.8 Å². The number of nitrogens with one attached hydrogen (secondary N) is 1. The highest BCUT2D eigenvalue weighted by Crippen LogP contribution is 2.13. The fourth-order valence-corrected chi connectivity index (χ4v) is 2.20. The van der Waals surface area contributed by atoms with Crippen LogP contribution in [0.1, 0.15) is 37.2 Å². The molecule has 1 unspecified atom stereocenters. The number of aryl methyl sites for hydroxylation is 2. The number of hydrogen-bond donors (Lipinski definition) is 2. The van der Waals surface area contributed by atoms with Gasteiger partial charge in [0.05, 0.1) is 12.1 Å². The fraction of sp³-hybridized carbons (Fsp3) is 0.714. The van der Waals surface area contributed by atoms with Crippen molar-refractivity contribution < 1.29 is 9.90 Å². The zero-order chi connectivity index (χ0) is 14.6. The SMILES string of the molecule is Cc1nn(C)c(C)c1CC(=O)NC(CCO)C(C)C. The molecule has 5 heteroatoms. The molecule has 0 aliphatic carbocycles. The Bertz CT molecular complexity index is 438.